The smallest absolute Gasteiger partial charge is 0.336 e. The van der Waals surface area contributed by atoms with Gasteiger partial charge < -0.3 is 14.2 Å². The number of aromatic nitrogens is 3. The number of rotatable bonds is 18. The fourth-order valence-electron chi connectivity index (χ4n) is 2.80. The van der Waals surface area contributed by atoms with Gasteiger partial charge in [-0.1, -0.05) is 6.92 Å². The van der Waals surface area contributed by atoms with Crippen LogP contribution in [0.3, 0.4) is 0 Å². The molecule has 0 bridgehead atoms. The van der Waals surface area contributed by atoms with Gasteiger partial charge in [0.25, 0.3) is 0 Å². The summed E-state index contributed by atoms with van der Waals surface area (Å²) in [6.07, 6.45) is 2.28. The summed E-state index contributed by atoms with van der Waals surface area (Å²) >= 11 is 6.99. The summed E-state index contributed by atoms with van der Waals surface area (Å²) in [6, 6.07) is 0. The van der Waals surface area contributed by atoms with Crippen molar-refractivity contribution < 1.29 is 28.6 Å². The maximum atomic E-state index is 12.9. The number of carbonyl (C=O) groups is 3. The van der Waals surface area contributed by atoms with Crippen molar-refractivity contribution in [3.8, 4) is 0 Å². The van der Waals surface area contributed by atoms with Crippen LogP contribution in [-0.4, -0.2) is 80.7 Å². The molecule has 1 aromatic heterocycles. The van der Waals surface area contributed by atoms with Crippen molar-refractivity contribution in [1.82, 2.24) is 13.7 Å². The zero-order valence-electron chi connectivity index (χ0n) is 20.5. The third-order valence-corrected chi connectivity index (χ3v) is 6.34. The van der Waals surface area contributed by atoms with Crippen LogP contribution in [0, 0.1) is 0 Å². The van der Waals surface area contributed by atoms with E-state index in [0.29, 0.717) is 11.5 Å². The lowest BCUT2D eigenvalue weighted by molar-refractivity contribution is -0.144. The van der Waals surface area contributed by atoms with Gasteiger partial charge in [0.05, 0.1) is 38.9 Å². The number of nitrogens with zero attached hydrogens (tertiary/aromatic N) is 3. The Morgan fingerprint density at radius 2 is 1.11 bits per heavy atom. The van der Waals surface area contributed by atoms with Gasteiger partial charge in [-0.05, 0) is 12.0 Å². The molecule has 0 aliphatic carbocycles. The van der Waals surface area contributed by atoms with Gasteiger partial charge in [-0.2, -0.15) is 36.2 Å². The third-order valence-electron chi connectivity index (χ3n) is 4.60. The van der Waals surface area contributed by atoms with Crippen molar-refractivity contribution >= 4 is 54.1 Å². The average Bonchev–Trinajstić information content (AvgIpc) is 2.84. The van der Waals surface area contributed by atoms with E-state index in [1.165, 1.54) is 11.8 Å². The van der Waals surface area contributed by atoms with E-state index in [0.717, 1.165) is 19.5 Å². The van der Waals surface area contributed by atoms with Crippen molar-refractivity contribution in [1.29, 1.82) is 0 Å². The summed E-state index contributed by atoms with van der Waals surface area (Å²) in [4.78, 5) is 73.8. The molecule has 0 aliphatic heterocycles. The first-order chi connectivity index (χ1) is 17.3. The van der Waals surface area contributed by atoms with E-state index in [9.17, 15) is 28.8 Å². The number of carbonyl (C=O) groups excluding carboxylic acids is 3. The summed E-state index contributed by atoms with van der Waals surface area (Å²) in [5, 5.41) is 0. The van der Waals surface area contributed by atoms with Crippen LogP contribution in [0.4, 0.5) is 0 Å². The average molecular weight is 568 g/mol. The molecule has 0 N–H and O–H groups in total. The Balaban J connectivity index is 3.05. The highest BCUT2D eigenvalue weighted by Gasteiger charge is 2.17. The lowest BCUT2D eigenvalue weighted by Gasteiger charge is -2.14. The monoisotopic (exact) mass is 567 g/mol. The van der Waals surface area contributed by atoms with Crippen molar-refractivity contribution in [2.45, 2.75) is 45.8 Å². The third kappa shape index (κ3) is 11.3. The summed E-state index contributed by atoms with van der Waals surface area (Å²) in [5.74, 6) is 0.813. The Morgan fingerprint density at radius 1 is 0.722 bits per heavy atom. The van der Waals surface area contributed by atoms with Crippen molar-refractivity contribution in [3.63, 3.8) is 0 Å². The largest absolute Gasteiger partial charge is 0.464 e. The molecule has 0 saturated carbocycles. The molecule has 0 fully saturated rings. The predicted octanol–water partition coefficient (Wildman–Crippen LogP) is 0.0175. The van der Waals surface area contributed by atoms with E-state index in [1.807, 2.05) is 13.2 Å². The lowest BCUT2D eigenvalue weighted by Crippen LogP contribution is -2.55. The highest BCUT2D eigenvalue weighted by molar-refractivity contribution is 7.99. The number of hydrogen-bond donors (Lipinski definition) is 1. The molecule has 0 aromatic carbocycles. The molecule has 0 saturated heterocycles. The van der Waals surface area contributed by atoms with Gasteiger partial charge in [-0.3, -0.25) is 14.4 Å². The number of thiol groups is 1. The second kappa shape index (κ2) is 18.2. The minimum atomic E-state index is -0.930. The molecule has 12 nitrogen and oxygen atoms in total. The number of esters is 3. The summed E-state index contributed by atoms with van der Waals surface area (Å²) < 4.78 is 17.4. The topological polar surface area (TPSA) is 145 Å². The Morgan fingerprint density at radius 3 is 1.47 bits per heavy atom. The maximum absolute atomic E-state index is 12.9. The number of thioether (sulfide) groups is 2. The van der Waals surface area contributed by atoms with Gasteiger partial charge in [-0.15, -0.1) is 0 Å². The minimum Gasteiger partial charge on any atom is -0.464 e. The standard InChI is InChI=1S/C21H33N3O9S3/c1-3-36-15-6-18(27)33-12-9-24-20(29)22(7-10-31-16(25)4-13-34)19(28)23(21(24)30)8-11-32-17(26)5-14-35-2/h34H,3-15H2,1-2H3. The van der Waals surface area contributed by atoms with Crippen molar-refractivity contribution in [3.05, 3.63) is 31.5 Å². The molecule has 15 heteroatoms. The lowest BCUT2D eigenvalue weighted by atomic mass is 10.5. The van der Waals surface area contributed by atoms with Crippen LogP contribution < -0.4 is 17.1 Å². The SMILES string of the molecule is CCSCCC(=O)OCCn1c(=O)n(CCOC(=O)CCS)c(=O)n(CCOC(=O)CCSC)c1=O. The van der Waals surface area contributed by atoms with E-state index < -0.39 is 35.0 Å². The molecule has 0 aliphatic rings. The molecule has 0 radical (unpaired) electrons. The Labute approximate surface area is 222 Å². The van der Waals surface area contributed by atoms with Crippen molar-refractivity contribution in [2.75, 3.05) is 49.1 Å². The predicted molar refractivity (Wildman–Crippen MR) is 141 cm³/mol. The first-order valence-corrected chi connectivity index (χ1v) is 14.5. The minimum absolute atomic E-state index is 0.0613. The Bertz CT molecular complexity index is 1040. The molecule has 0 unspecified atom stereocenters. The zero-order chi connectivity index (χ0) is 26.9. The fraction of sp³-hybridized carbons (Fsp3) is 0.714. The summed E-state index contributed by atoms with van der Waals surface area (Å²) in [5.41, 5.74) is -2.78. The van der Waals surface area contributed by atoms with E-state index in [1.54, 1.807) is 11.8 Å². The number of ether oxygens (including phenoxy) is 3. The molecule has 1 rings (SSSR count). The van der Waals surface area contributed by atoms with Gasteiger partial charge >= 0.3 is 35.0 Å². The van der Waals surface area contributed by atoms with Crippen LogP contribution in [-0.2, 0) is 48.2 Å². The van der Waals surface area contributed by atoms with E-state index in [-0.39, 0.29) is 64.5 Å². The zero-order valence-corrected chi connectivity index (χ0v) is 23.0. The van der Waals surface area contributed by atoms with Crippen LogP contribution in [0.25, 0.3) is 0 Å². The second-order valence-corrected chi connectivity index (χ2v) is 9.95. The van der Waals surface area contributed by atoms with E-state index in [4.69, 9.17) is 14.2 Å². The Hall–Kier alpha value is -2.13. The molecule has 1 aromatic rings. The van der Waals surface area contributed by atoms with Gasteiger partial charge in [0, 0.05) is 17.3 Å². The molecule has 0 atom stereocenters. The molecule has 1 heterocycles. The molecular formula is C21H33N3O9S3. The molecular weight excluding hydrogens is 534 g/mol. The summed E-state index contributed by atoms with van der Waals surface area (Å²) in [6.45, 7) is 0.347. The van der Waals surface area contributed by atoms with E-state index in [2.05, 4.69) is 12.6 Å². The highest BCUT2D eigenvalue weighted by atomic mass is 32.2. The number of hydrogen-bond acceptors (Lipinski definition) is 12. The fourth-order valence-corrected chi connectivity index (χ4v) is 3.95. The van der Waals surface area contributed by atoms with Gasteiger partial charge in [0.2, 0.25) is 0 Å². The van der Waals surface area contributed by atoms with Crippen LogP contribution >= 0.6 is 36.2 Å². The first-order valence-electron chi connectivity index (χ1n) is 11.4. The molecule has 36 heavy (non-hydrogen) atoms. The normalized spacial score (nSPS) is 10.8. The van der Waals surface area contributed by atoms with Crippen molar-refractivity contribution in [2.24, 2.45) is 0 Å². The molecule has 0 spiro atoms. The second-order valence-electron chi connectivity index (χ2n) is 7.13. The van der Waals surface area contributed by atoms with Crippen LogP contribution in [0.5, 0.6) is 0 Å². The van der Waals surface area contributed by atoms with Gasteiger partial charge in [0.15, 0.2) is 0 Å². The highest BCUT2D eigenvalue weighted by Crippen LogP contribution is 2.02. The van der Waals surface area contributed by atoms with E-state index >= 15 is 0 Å². The first kappa shape index (κ1) is 31.9. The van der Waals surface area contributed by atoms with Crippen LogP contribution in [0.15, 0.2) is 14.4 Å². The molecule has 0 amide bonds. The maximum Gasteiger partial charge on any atom is 0.336 e. The van der Waals surface area contributed by atoms with Crippen LogP contribution in [0.1, 0.15) is 26.2 Å². The quantitative estimate of drug-likeness (QED) is 0.111. The van der Waals surface area contributed by atoms with Gasteiger partial charge in [0.1, 0.15) is 19.8 Å². The van der Waals surface area contributed by atoms with Gasteiger partial charge in [-0.25, -0.2) is 28.1 Å². The van der Waals surface area contributed by atoms with Crippen LogP contribution in [0.2, 0.25) is 0 Å². The summed E-state index contributed by atoms with van der Waals surface area (Å²) in [7, 11) is 0. The molecule has 204 valence electrons. The Kier molecular flexibility index (Phi) is 16.1.